The van der Waals surface area contributed by atoms with Crippen LogP contribution in [0.5, 0.6) is 5.88 Å². The summed E-state index contributed by atoms with van der Waals surface area (Å²) in [6.45, 7) is 2.31. The van der Waals surface area contributed by atoms with Gasteiger partial charge in [-0.2, -0.15) is 0 Å². The van der Waals surface area contributed by atoms with Gasteiger partial charge in [-0.05, 0) is 74.4 Å². The van der Waals surface area contributed by atoms with Crippen LogP contribution in [0.25, 0.3) is 10.9 Å². The smallest absolute Gasteiger partial charge is 0.323 e. The number of aromatic nitrogens is 1. The molecule has 1 saturated carbocycles. The van der Waals surface area contributed by atoms with Gasteiger partial charge < -0.3 is 20.5 Å². The van der Waals surface area contributed by atoms with E-state index < -0.39 is 28.1 Å². The first-order chi connectivity index (χ1) is 22.2. The zero-order chi connectivity index (χ0) is 32.5. The van der Waals surface area contributed by atoms with Crippen molar-refractivity contribution in [2.45, 2.75) is 62.0 Å². The first-order valence-corrected chi connectivity index (χ1v) is 17.1. The molecule has 46 heavy (non-hydrogen) atoms. The molecule has 0 bridgehead atoms. The van der Waals surface area contributed by atoms with Gasteiger partial charge in [-0.15, -0.1) is 0 Å². The van der Waals surface area contributed by atoms with E-state index >= 15 is 0 Å². The van der Waals surface area contributed by atoms with Crippen LogP contribution in [0.1, 0.15) is 49.8 Å². The summed E-state index contributed by atoms with van der Waals surface area (Å²) in [5.41, 5.74) is 8.50. The van der Waals surface area contributed by atoms with Crippen molar-refractivity contribution >= 4 is 32.8 Å². The van der Waals surface area contributed by atoms with Crippen molar-refractivity contribution in [3.8, 4) is 5.88 Å². The molecule has 1 aliphatic carbocycles. The van der Waals surface area contributed by atoms with Gasteiger partial charge in [0.05, 0.1) is 23.1 Å². The molecule has 4 N–H and O–H groups in total. The van der Waals surface area contributed by atoms with Crippen molar-refractivity contribution < 1.29 is 27.5 Å². The Bertz CT molecular complexity index is 1730. The van der Waals surface area contributed by atoms with Gasteiger partial charge in [0, 0.05) is 23.4 Å². The molecule has 1 fully saturated rings. The Labute approximate surface area is 269 Å². The minimum atomic E-state index is -3.78. The summed E-state index contributed by atoms with van der Waals surface area (Å²) in [5.74, 6) is -0.504. The molecule has 1 aliphatic rings. The highest BCUT2D eigenvalue weighted by Gasteiger charge is 2.31. The molecule has 3 aromatic carbocycles. The third-order valence-corrected chi connectivity index (χ3v) is 9.69. The van der Waals surface area contributed by atoms with Gasteiger partial charge in [0.1, 0.15) is 12.6 Å². The number of nitrogens with one attached hydrogen (secondary N) is 2. The predicted molar refractivity (Wildman–Crippen MR) is 175 cm³/mol. The SMILES string of the molecule is CCOc1ccc2cc(S(=O)(=O)N[C@H]3CC[C@H](C(=O)N[C@H](COC(=O)[C@@H](N)Cc4ccccc4)c4ccccc4)CC3)ccc2n1. The molecule has 0 spiro atoms. The summed E-state index contributed by atoms with van der Waals surface area (Å²) >= 11 is 0. The highest BCUT2D eigenvalue weighted by Crippen LogP contribution is 2.28. The molecular weight excluding hydrogens is 604 g/mol. The van der Waals surface area contributed by atoms with E-state index in [1.807, 2.05) is 67.6 Å². The van der Waals surface area contributed by atoms with Crippen LogP contribution >= 0.6 is 0 Å². The van der Waals surface area contributed by atoms with Crippen LogP contribution in [0.15, 0.2) is 95.9 Å². The maximum absolute atomic E-state index is 13.4. The van der Waals surface area contributed by atoms with Crippen molar-refractivity contribution in [3.05, 3.63) is 102 Å². The minimum Gasteiger partial charge on any atom is -0.478 e. The number of carbonyl (C=O) groups excluding carboxylic acids is 2. The number of esters is 1. The van der Waals surface area contributed by atoms with E-state index in [0.717, 1.165) is 11.1 Å². The van der Waals surface area contributed by atoms with Crippen molar-refractivity contribution in [3.63, 3.8) is 0 Å². The number of carbonyl (C=O) groups is 2. The Hall–Kier alpha value is -4.32. The van der Waals surface area contributed by atoms with Gasteiger partial charge in [0.25, 0.3) is 0 Å². The van der Waals surface area contributed by atoms with Gasteiger partial charge in [0.2, 0.25) is 21.8 Å². The molecule has 1 heterocycles. The lowest BCUT2D eigenvalue weighted by Crippen LogP contribution is -2.42. The highest BCUT2D eigenvalue weighted by molar-refractivity contribution is 7.89. The summed E-state index contributed by atoms with van der Waals surface area (Å²) in [7, 11) is -3.78. The molecule has 4 aromatic rings. The average molecular weight is 645 g/mol. The van der Waals surface area contributed by atoms with Crippen LogP contribution in [-0.4, -0.2) is 50.6 Å². The monoisotopic (exact) mass is 644 g/mol. The fraction of sp³-hybridized carbons (Fsp3) is 0.343. The van der Waals surface area contributed by atoms with Crippen molar-refractivity contribution in [1.29, 1.82) is 0 Å². The van der Waals surface area contributed by atoms with E-state index in [4.69, 9.17) is 15.2 Å². The molecular formula is C35H40N4O6S. The molecule has 2 atom stereocenters. The number of amides is 1. The second kappa shape index (κ2) is 15.3. The van der Waals surface area contributed by atoms with Crippen LogP contribution in [0.4, 0.5) is 0 Å². The van der Waals surface area contributed by atoms with Crippen molar-refractivity contribution in [1.82, 2.24) is 15.0 Å². The van der Waals surface area contributed by atoms with E-state index in [-0.39, 0.29) is 29.4 Å². The molecule has 10 nitrogen and oxygen atoms in total. The molecule has 242 valence electrons. The quantitative estimate of drug-likeness (QED) is 0.181. The Balaban J connectivity index is 1.15. The second-order valence-electron chi connectivity index (χ2n) is 11.5. The molecule has 0 aliphatic heterocycles. The van der Waals surface area contributed by atoms with E-state index in [9.17, 15) is 18.0 Å². The summed E-state index contributed by atoms with van der Waals surface area (Å²) < 4.78 is 40.3. The number of sulfonamides is 1. The summed E-state index contributed by atoms with van der Waals surface area (Å²) in [6, 6.07) is 25.5. The van der Waals surface area contributed by atoms with Gasteiger partial charge in [-0.25, -0.2) is 18.1 Å². The van der Waals surface area contributed by atoms with Crippen LogP contribution in [0.3, 0.4) is 0 Å². The van der Waals surface area contributed by atoms with E-state index in [1.165, 1.54) is 6.07 Å². The Morgan fingerprint density at radius 2 is 1.63 bits per heavy atom. The number of fused-ring (bicyclic) bond motifs is 1. The number of hydrogen-bond acceptors (Lipinski definition) is 8. The number of nitrogens with zero attached hydrogens (tertiary/aromatic N) is 1. The summed E-state index contributed by atoms with van der Waals surface area (Å²) in [6.07, 6.45) is 2.42. The van der Waals surface area contributed by atoms with Gasteiger partial charge in [-0.1, -0.05) is 60.7 Å². The predicted octanol–water partition coefficient (Wildman–Crippen LogP) is 4.44. The summed E-state index contributed by atoms with van der Waals surface area (Å²) in [5, 5.41) is 3.75. The van der Waals surface area contributed by atoms with E-state index in [0.29, 0.717) is 55.5 Å². The summed E-state index contributed by atoms with van der Waals surface area (Å²) in [4.78, 5) is 30.6. The van der Waals surface area contributed by atoms with Crippen LogP contribution in [0, 0.1) is 5.92 Å². The largest absolute Gasteiger partial charge is 0.478 e. The average Bonchev–Trinajstić information content (AvgIpc) is 3.07. The number of rotatable bonds is 13. The van der Waals surface area contributed by atoms with Crippen LogP contribution in [0.2, 0.25) is 0 Å². The Morgan fingerprint density at radius 3 is 2.33 bits per heavy atom. The maximum Gasteiger partial charge on any atom is 0.323 e. The fourth-order valence-electron chi connectivity index (χ4n) is 5.66. The lowest BCUT2D eigenvalue weighted by molar-refractivity contribution is -0.146. The van der Waals surface area contributed by atoms with Gasteiger partial charge >= 0.3 is 5.97 Å². The molecule has 1 amide bonds. The fourth-order valence-corrected chi connectivity index (χ4v) is 7.00. The lowest BCUT2D eigenvalue weighted by Gasteiger charge is -2.30. The van der Waals surface area contributed by atoms with Crippen LogP contribution in [-0.2, 0) is 30.8 Å². The minimum absolute atomic E-state index is 0.0551. The topological polar surface area (TPSA) is 150 Å². The van der Waals surface area contributed by atoms with E-state index in [2.05, 4.69) is 15.0 Å². The third-order valence-electron chi connectivity index (χ3n) is 8.17. The first kappa shape index (κ1) is 33.1. The Morgan fingerprint density at radius 1 is 0.935 bits per heavy atom. The second-order valence-corrected chi connectivity index (χ2v) is 13.2. The zero-order valence-electron chi connectivity index (χ0n) is 25.8. The lowest BCUT2D eigenvalue weighted by atomic mass is 9.85. The Kier molecular flexibility index (Phi) is 11.0. The van der Waals surface area contributed by atoms with Gasteiger partial charge in [-0.3, -0.25) is 9.59 Å². The zero-order valence-corrected chi connectivity index (χ0v) is 26.6. The molecule has 11 heteroatoms. The van der Waals surface area contributed by atoms with Crippen molar-refractivity contribution in [2.24, 2.45) is 11.7 Å². The van der Waals surface area contributed by atoms with Gasteiger partial charge in [0.15, 0.2) is 0 Å². The molecule has 0 radical (unpaired) electrons. The molecule has 1 aromatic heterocycles. The third kappa shape index (κ3) is 8.68. The number of hydrogen-bond donors (Lipinski definition) is 3. The molecule has 0 saturated heterocycles. The number of ether oxygens (including phenoxy) is 2. The maximum atomic E-state index is 13.4. The van der Waals surface area contributed by atoms with Crippen LogP contribution < -0.4 is 20.5 Å². The number of pyridine rings is 1. The van der Waals surface area contributed by atoms with E-state index in [1.54, 1.807) is 24.3 Å². The molecule has 5 rings (SSSR count). The molecule has 0 unspecified atom stereocenters. The van der Waals surface area contributed by atoms with Crippen molar-refractivity contribution in [2.75, 3.05) is 13.2 Å². The number of nitrogens with two attached hydrogens (primary N) is 1. The highest BCUT2D eigenvalue weighted by atomic mass is 32.2. The standard InChI is InChI=1S/C35H40N4O6S/c1-2-44-33-20-15-27-22-29(18-19-31(27)37-33)46(42,43)39-28-16-13-26(14-17-28)34(40)38-32(25-11-7-4-8-12-25)23-45-35(41)30(36)21-24-9-5-3-6-10-24/h3-12,15,18-20,22,26,28,30,32,39H,2,13-14,16-17,21,23,36H2,1H3,(H,38,40)/t26-,28-,30-,32+/m0/s1. The first-order valence-electron chi connectivity index (χ1n) is 15.6. The normalized spacial score (nSPS) is 18.0. The number of benzene rings is 3.